The fourth-order valence-corrected chi connectivity index (χ4v) is 4.96. The number of piperazine rings is 1. The van der Waals surface area contributed by atoms with Crippen LogP contribution in [0.15, 0.2) is 47.4 Å². The Morgan fingerprint density at radius 3 is 2.31 bits per heavy atom. The predicted octanol–water partition coefficient (Wildman–Crippen LogP) is 3.47. The van der Waals surface area contributed by atoms with Gasteiger partial charge >= 0.3 is 5.97 Å². The molecule has 9 heteroatoms. The molecule has 0 amide bonds. The number of ether oxygens (including phenoxy) is 1. The Labute approximate surface area is 181 Å². The maximum absolute atomic E-state index is 12.7. The Morgan fingerprint density at radius 2 is 1.69 bits per heavy atom. The van der Waals surface area contributed by atoms with Crippen molar-refractivity contribution in [3.05, 3.63) is 63.6 Å². The second-order valence-corrected chi connectivity index (χ2v) is 9.60. The molecule has 1 aliphatic rings. The molecule has 3 rings (SSSR count). The van der Waals surface area contributed by atoms with Crippen LogP contribution >= 0.6 is 23.2 Å². The number of benzene rings is 2. The van der Waals surface area contributed by atoms with Crippen molar-refractivity contribution >= 4 is 39.2 Å². The van der Waals surface area contributed by atoms with Crippen molar-refractivity contribution in [3.8, 4) is 0 Å². The Hall–Kier alpha value is -1.64. The molecule has 0 radical (unpaired) electrons. The minimum Gasteiger partial charge on any atom is -0.461 e. The molecule has 0 aliphatic carbocycles. The first-order valence-electron chi connectivity index (χ1n) is 9.19. The van der Waals surface area contributed by atoms with E-state index in [0.29, 0.717) is 42.6 Å². The van der Waals surface area contributed by atoms with Gasteiger partial charge in [0.25, 0.3) is 0 Å². The third-order valence-corrected chi connectivity index (χ3v) is 7.24. The van der Waals surface area contributed by atoms with Gasteiger partial charge in [0.2, 0.25) is 10.0 Å². The fourth-order valence-electron chi connectivity index (χ4n) is 3.05. The van der Waals surface area contributed by atoms with Gasteiger partial charge in [-0.05, 0) is 37.3 Å². The first kappa shape index (κ1) is 22.1. The molecule has 1 aliphatic heterocycles. The summed E-state index contributed by atoms with van der Waals surface area (Å²) < 4.78 is 32.3. The van der Waals surface area contributed by atoms with Crippen LogP contribution in [0.1, 0.15) is 15.9 Å². The van der Waals surface area contributed by atoms with Crippen molar-refractivity contribution in [2.75, 3.05) is 39.3 Å². The van der Waals surface area contributed by atoms with Crippen LogP contribution in [-0.2, 0) is 14.8 Å². The molecule has 0 spiro atoms. The average molecular weight is 457 g/mol. The molecule has 0 atom stereocenters. The highest BCUT2D eigenvalue weighted by Crippen LogP contribution is 2.22. The summed E-state index contributed by atoms with van der Waals surface area (Å²) in [6.07, 6.45) is 0. The van der Waals surface area contributed by atoms with Gasteiger partial charge in [-0.3, -0.25) is 4.90 Å². The molecule has 1 saturated heterocycles. The van der Waals surface area contributed by atoms with Crippen LogP contribution in [0.3, 0.4) is 0 Å². The van der Waals surface area contributed by atoms with Crippen molar-refractivity contribution in [3.63, 3.8) is 0 Å². The summed E-state index contributed by atoms with van der Waals surface area (Å²) in [5.41, 5.74) is 1.29. The van der Waals surface area contributed by atoms with Gasteiger partial charge in [0.05, 0.1) is 15.5 Å². The van der Waals surface area contributed by atoms with Crippen LogP contribution in [0.2, 0.25) is 10.0 Å². The molecule has 1 fully saturated rings. The van der Waals surface area contributed by atoms with Crippen molar-refractivity contribution in [2.24, 2.45) is 0 Å². The van der Waals surface area contributed by atoms with Gasteiger partial charge in [0.15, 0.2) is 0 Å². The standard InChI is InChI=1S/C20H22Cl2N2O4S/c1-15-2-5-17(6-3-15)29(26,27)24-10-8-23(9-11-24)12-13-28-20(25)18-7-4-16(21)14-19(18)22/h2-7,14H,8-13H2,1H3. The van der Waals surface area contributed by atoms with Gasteiger partial charge in [-0.25, -0.2) is 13.2 Å². The number of esters is 1. The highest BCUT2D eigenvalue weighted by Gasteiger charge is 2.28. The molecule has 0 unspecified atom stereocenters. The summed E-state index contributed by atoms with van der Waals surface area (Å²) in [6.45, 7) is 4.58. The normalized spacial score (nSPS) is 16.0. The molecule has 0 N–H and O–H groups in total. The maximum atomic E-state index is 12.7. The minimum atomic E-state index is -3.48. The molecule has 6 nitrogen and oxygen atoms in total. The van der Waals surface area contributed by atoms with Crippen LogP contribution < -0.4 is 0 Å². The van der Waals surface area contributed by atoms with E-state index in [1.165, 1.54) is 16.4 Å². The molecule has 29 heavy (non-hydrogen) atoms. The third-order valence-electron chi connectivity index (χ3n) is 4.78. The summed E-state index contributed by atoms with van der Waals surface area (Å²) in [5.74, 6) is -0.507. The van der Waals surface area contributed by atoms with E-state index in [2.05, 4.69) is 4.90 Å². The average Bonchev–Trinajstić information content (AvgIpc) is 2.68. The van der Waals surface area contributed by atoms with E-state index in [0.717, 1.165) is 5.56 Å². The number of halogens is 2. The fraction of sp³-hybridized carbons (Fsp3) is 0.350. The number of hydrogen-bond acceptors (Lipinski definition) is 5. The molecule has 0 bridgehead atoms. The number of rotatable bonds is 6. The largest absolute Gasteiger partial charge is 0.461 e. The molecular formula is C20H22Cl2N2O4S. The lowest BCUT2D eigenvalue weighted by molar-refractivity contribution is 0.0445. The lowest BCUT2D eigenvalue weighted by Gasteiger charge is -2.33. The van der Waals surface area contributed by atoms with Gasteiger partial charge in [0.1, 0.15) is 6.61 Å². The quantitative estimate of drug-likeness (QED) is 0.622. The number of nitrogens with zero attached hydrogens (tertiary/aromatic N) is 2. The van der Waals surface area contributed by atoms with Crippen LogP contribution in [0, 0.1) is 6.92 Å². The summed E-state index contributed by atoms with van der Waals surface area (Å²) in [4.78, 5) is 14.5. The van der Waals surface area contributed by atoms with E-state index < -0.39 is 16.0 Å². The van der Waals surface area contributed by atoms with E-state index in [9.17, 15) is 13.2 Å². The molecule has 2 aromatic carbocycles. The van der Waals surface area contributed by atoms with Crippen molar-refractivity contribution in [1.82, 2.24) is 9.21 Å². The van der Waals surface area contributed by atoms with Crippen LogP contribution in [-0.4, -0.2) is 62.9 Å². The smallest absolute Gasteiger partial charge is 0.339 e. The number of aryl methyl sites for hydroxylation is 1. The van der Waals surface area contributed by atoms with Gasteiger partial charge in [-0.1, -0.05) is 40.9 Å². The zero-order chi connectivity index (χ0) is 21.0. The molecule has 2 aromatic rings. The number of carbonyl (C=O) groups excluding carboxylic acids is 1. The van der Waals surface area contributed by atoms with Gasteiger partial charge < -0.3 is 4.74 Å². The third kappa shape index (κ3) is 5.49. The second-order valence-electron chi connectivity index (χ2n) is 6.82. The predicted molar refractivity (Wildman–Crippen MR) is 113 cm³/mol. The Kier molecular flexibility index (Phi) is 7.19. The van der Waals surface area contributed by atoms with Crippen LogP contribution in [0.25, 0.3) is 0 Å². The minimum absolute atomic E-state index is 0.197. The van der Waals surface area contributed by atoms with Gasteiger partial charge in [-0.2, -0.15) is 4.31 Å². The van der Waals surface area contributed by atoms with E-state index >= 15 is 0 Å². The second kappa shape index (κ2) is 9.45. The van der Waals surface area contributed by atoms with E-state index in [4.69, 9.17) is 27.9 Å². The zero-order valence-electron chi connectivity index (χ0n) is 16.0. The Balaban J connectivity index is 1.47. The van der Waals surface area contributed by atoms with Crippen molar-refractivity contribution in [2.45, 2.75) is 11.8 Å². The van der Waals surface area contributed by atoms with E-state index in [1.54, 1.807) is 30.3 Å². The molecule has 0 aromatic heterocycles. The lowest BCUT2D eigenvalue weighted by atomic mass is 10.2. The first-order chi connectivity index (χ1) is 13.8. The SMILES string of the molecule is Cc1ccc(S(=O)(=O)N2CCN(CCOC(=O)c3ccc(Cl)cc3Cl)CC2)cc1. The van der Waals surface area contributed by atoms with Gasteiger partial charge in [0, 0.05) is 37.7 Å². The number of hydrogen-bond donors (Lipinski definition) is 0. The highest BCUT2D eigenvalue weighted by molar-refractivity contribution is 7.89. The molecule has 0 saturated carbocycles. The summed E-state index contributed by atoms with van der Waals surface area (Å²) in [7, 11) is -3.48. The zero-order valence-corrected chi connectivity index (χ0v) is 18.3. The van der Waals surface area contributed by atoms with E-state index in [-0.39, 0.29) is 17.2 Å². The maximum Gasteiger partial charge on any atom is 0.339 e. The summed E-state index contributed by atoms with van der Waals surface area (Å²) in [5, 5.41) is 0.697. The van der Waals surface area contributed by atoms with Crippen molar-refractivity contribution in [1.29, 1.82) is 0 Å². The lowest BCUT2D eigenvalue weighted by Crippen LogP contribution is -2.49. The topological polar surface area (TPSA) is 66.9 Å². The Bertz CT molecular complexity index is 972. The highest BCUT2D eigenvalue weighted by atomic mass is 35.5. The summed E-state index contributed by atoms with van der Waals surface area (Å²) in [6, 6.07) is 11.5. The molecule has 156 valence electrons. The molecule has 1 heterocycles. The van der Waals surface area contributed by atoms with Gasteiger partial charge in [-0.15, -0.1) is 0 Å². The van der Waals surface area contributed by atoms with Crippen molar-refractivity contribution < 1.29 is 17.9 Å². The molecular weight excluding hydrogens is 435 g/mol. The van der Waals surface area contributed by atoms with Crippen LogP contribution in [0.5, 0.6) is 0 Å². The Morgan fingerprint density at radius 1 is 1.03 bits per heavy atom. The van der Waals surface area contributed by atoms with E-state index in [1.807, 2.05) is 6.92 Å². The number of carbonyl (C=O) groups is 1. The number of sulfonamides is 1. The van der Waals surface area contributed by atoms with Crippen LogP contribution in [0.4, 0.5) is 0 Å². The summed E-state index contributed by atoms with van der Waals surface area (Å²) >= 11 is 11.8. The monoisotopic (exact) mass is 456 g/mol. The first-order valence-corrected chi connectivity index (χ1v) is 11.4.